The second-order valence-corrected chi connectivity index (χ2v) is 5.46. The van der Waals surface area contributed by atoms with Crippen LogP contribution in [0.4, 0.5) is 26.3 Å². The predicted molar refractivity (Wildman–Crippen MR) is 69.3 cm³/mol. The number of aromatic nitrogens is 1. The highest BCUT2D eigenvalue weighted by Gasteiger charge is 2.38. The second kappa shape index (κ2) is 5.35. The molecule has 24 heavy (non-hydrogen) atoms. The highest BCUT2D eigenvalue weighted by molar-refractivity contribution is 5.75. The van der Waals surface area contributed by atoms with E-state index < -0.39 is 34.9 Å². The number of benzene rings is 1. The third-order valence-corrected chi connectivity index (χ3v) is 3.58. The van der Waals surface area contributed by atoms with E-state index in [0.29, 0.717) is 18.4 Å². The zero-order valence-corrected chi connectivity index (χ0v) is 11.8. The number of alkyl halides is 6. The first-order chi connectivity index (χ1) is 11.1. The molecular formula is C15H9F6NO2. The van der Waals surface area contributed by atoms with Crippen molar-refractivity contribution in [3.63, 3.8) is 0 Å². The predicted octanol–water partition coefficient (Wildman–Crippen LogP) is 5.07. The highest BCUT2D eigenvalue weighted by Crippen LogP contribution is 2.44. The lowest BCUT2D eigenvalue weighted by Crippen LogP contribution is -2.11. The molecule has 1 heterocycles. The molecule has 1 saturated carbocycles. The quantitative estimate of drug-likeness (QED) is 0.574. The molecule has 1 aliphatic carbocycles. The van der Waals surface area contributed by atoms with Crippen LogP contribution in [0, 0.1) is 0 Å². The number of hydrogen-bond donors (Lipinski definition) is 0. The topological polar surface area (TPSA) is 43.1 Å². The van der Waals surface area contributed by atoms with Crippen LogP contribution in [0.3, 0.4) is 0 Å². The van der Waals surface area contributed by atoms with E-state index in [9.17, 15) is 31.1 Å². The number of aldehydes is 1. The third-order valence-electron chi connectivity index (χ3n) is 3.58. The van der Waals surface area contributed by atoms with Gasteiger partial charge in [0.05, 0.1) is 11.1 Å². The maximum atomic E-state index is 12.9. The van der Waals surface area contributed by atoms with Crippen molar-refractivity contribution in [1.82, 2.24) is 4.98 Å². The van der Waals surface area contributed by atoms with Crippen molar-refractivity contribution in [3.05, 3.63) is 40.8 Å². The van der Waals surface area contributed by atoms with Gasteiger partial charge in [0, 0.05) is 11.5 Å². The first-order valence-electron chi connectivity index (χ1n) is 6.85. The van der Waals surface area contributed by atoms with Crippen LogP contribution in [-0.2, 0) is 12.4 Å². The van der Waals surface area contributed by atoms with Crippen molar-refractivity contribution in [2.45, 2.75) is 31.1 Å². The number of rotatable bonds is 3. The van der Waals surface area contributed by atoms with E-state index in [1.165, 1.54) is 0 Å². The van der Waals surface area contributed by atoms with Gasteiger partial charge in [-0.2, -0.15) is 26.3 Å². The zero-order valence-electron chi connectivity index (χ0n) is 11.8. The third kappa shape index (κ3) is 3.15. The Bertz CT molecular complexity index is 754. The number of carbonyl (C=O) groups excluding carboxylic acids is 1. The van der Waals surface area contributed by atoms with Crippen LogP contribution in [0.25, 0.3) is 11.5 Å². The Morgan fingerprint density at radius 1 is 1.00 bits per heavy atom. The van der Waals surface area contributed by atoms with Crippen LogP contribution in [0.15, 0.2) is 22.6 Å². The molecule has 0 N–H and O–H groups in total. The minimum atomic E-state index is -4.96. The summed E-state index contributed by atoms with van der Waals surface area (Å²) >= 11 is 0. The minimum Gasteiger partial charge on any atom is -0.440 e. The Morgan fingerprint density at radius 2 is 1.54 bits per heavy atom. The lowest BCUT2D eigenvalue weighted by Gasteiger charge is -2.13. The standard InChI is InChI=1S/C15H9F6NO2/c16-14(17,18)9-3-8(4-10(5-9)15(19,20)21)13-22-11(6-23)12(24-13)7-1-2-7/h3-7H,1-2H2. The number of halogens is 6. The fraction of sp³-hybridized carbons (Fsp3) is 0.333. The Labute approximate surface area is 131 Å². The minimum absolute atomic E-state index is 0.0227. The maximum absolute atomic E-state index is 12.9. The fourth-order valence-corrected chi connectivity index (χ4v) is 2.27. The maximum Gasteiger partial charge on any atom is 0.416 e. The van der Waals surface area contributed by atoms with Crippen LogP contribution in [0.1, 0.15) is 46.1 Å². The summed E-state index contributed by atoms with van der Waals surface area (Å²) in [6.45, 7) is 0. The molecule has 0 amide bonds. The van der Waals surface area contributed by atoms with Gasteiger partial charge in [-0.05, 0) is 31.0 Å². The summed E-state index contributed by atoms with van der Waals surface area (Å²) in [7, 11) is 0. The lowest BCUT2D eigenvalue weighted by molar-refractivity contribution is -0.143. The Balaban J connectivity index is 2.15. The molecule has 0 radical (unpaired) electrons. The average molecular weight is 349 g/mol. The molecule has 3 nitrogen and oxygen atoms in total. The first kappa shape index (κ1) is 16.5. The molecule has 2 aromatic rings. The van der Waals surface area contributed by atoms with E-state index in [2.05, 4.69) is 4.98 Å². The number of oxazole rings is 1. The monoisotopic (exact) mass is 349 g/mol. The molecule has 9 heteroatoms. The van der Waals surface area contributed by atoms with E-state index in [1.807, 2.05) is 0 Å². The van der Waals surface area contributed by atoms with Gasteiger partial charge in [-0.25, -0.2) is 4.98 Å². The smallest absolute Gasteiger partial charge is 0.416 e. The summed E-state index contributed by atoms with van der Waals surface area (Å²) < 4.78 is 82.5. The normalized spacial score (nSPS) is 15.6. The van der Waals surface area contributed by atoms with Crippen LogP contribution in [0.5, 0.6) is 0 Å². The van der Waals surface area contributed by atoms with E-state index in [1.54, 1.807) is 0 Å². The van der Waals surface area contributed by atoms with Gasteiger partial charge < -0.3 is 4.42 Å². The van der Waals surface area contributed by atoms with Crippen LogP contribution >= 0.6 is 0 Å². The van der Waals surface area contributed by atoms with Gasteiger partial charge >= 0.3 is 12.4 Å². The van der Waals surface area contributed by atoms with Gasteiger partial charge in [0.15, 0.2) is 6.29 Å². The zero-order chi connectivity index (χ0) is 17.7. The van der Waals surface area contributed by atoms with Gasteiger partial charge in [-0.1, -0.05) is 0 Å². The molecule has 1 aliphatic rings. The van der Waals surface area contributed by atoms with Crippen LogP contribution in [0.2, 0.25) is 0 Å². The second-order valence-electron chi connectivity index (χ2n) is 5.46. The molecule has 0 saturated heterocycles. The molecule has 0 unspecified atom stereocenters. The molecule has 1 fully saturated rings. The SMILES string of the molecule is O=Cc1nc(-c2cc(C(F)(F)F)cc(C(F)(F)F)c2)oc1C1CC1. The summed E-state index contributed by atoms with van der Waals surface area (Å²) in [6.07, 6.45) is -8.10. The van der Waals surface area contributed by atoms with Crippen molar-refractivity contribution in [2.24, 2.45) is 0 Å². The largest absolute Gasteiger partial charge is 0.440 e. The van der Waals surface area contributed by atoms with Crippen molar-refractivity contribution in [1.29, 1.82) is 0 Å². The molecule has 3 rings (SSSR count). The van der Waals surface area contributed by atoms with Crippen molar-refractivity contribution < 1.29 is 35.6 Å². The van der Waals surface area contributed by atoms with Gasteiger partial charge in [0.1, 0.15) is 11.5 Å². The van der Waals surface area contributed by atoms with Gasteiger partial charge in [-0.15, -0.1) is 0 Å². The van der Waals surface area contributed by atoms with Crippen LogP contribution in [-0.4, -0.2) is 11.3 Å². The summed E-state index contributed by atoms with van der Waals surface area (Å²) in [6, 6.07) is 1.06. The molecule has 0 aliphatic heterocycles. The molecule has 0 atom stereocenters. The van der Waals surface area contributed by atoms with E-state index >= 15 is 0 Å². The van der Waals surface area contributed by atoms with E-state index in [-0.39, 0.29) is 23.4 Å². The van der Waals surface area contributed by atoms with Crippen molar-refractivity contribution in [3.8, 4) is 11.5 Å². The molecule has 1 aromatic heterocycles. The highest BCUT2D eigenvalue weighted by atomic mass is 19.4. The van der Waals surface area contributed by atoms with Gasteiger partial charge in [0.2, 0.25) is 5.89 Å². The van der Waals surface area contributed by atoms with E-state index in [0.717, 1.165) is 12.8 Å². The number of carbonyl (C=O) groups is 1. The molecule has 1 aromatic carbocycles. The Morgan fingerprint density at radius 3 is 1.96 bits per heavy atom. The number of nitrogens with zero attached hydrogens (tertiary/aromatic N) is 1. The summed E-state index contributed by atoms with van der Waals surface area (Å²) in [5, 5.41) is 0. The van der Waals surface area contributed by atoms with Crippen molar-refractivity contribution >= 4 is 6.29 Å². The molecule has 0 bridgehead atoms. The van der Waals surface area contributed by atoms with Crippen LogP contribution < -0.4 is 0 Å². The van der Waals surface area contributed by atoms with E-state index in [4.69, 9.17) is 4.42 Å². The molecule has 0 spiro atoms. The average Bonchev–Trinajstić information content (AvgIpc) is 3.24. The molecular weight excluding hydrogens is 340 g/mol. The van der Waals surface area contributed by atoms with Gasteiger partial charge in [0.25, 0.3) is 0 Å². The van der Waals surface area contributed by atoms with Crippen molar-refractivity contribution in [2.75, 3.05) is 0 Å². The number of hydrogen-bond acceptors (Lipinski definition) is 3. The lowest BCUT2D eigenvalue weighted by atomic mass is 10.0. The summed E-state index contributed by atoms with van der Waals surface area (Å²) in [5.41, 5.74) is -3.51. The Hall–Kier alpha value is -2.32. The molecule has 128 valence electrons. The fourth-order valence-electron chi connectivity index (χ4n) is 2.27. The first-order valence-corrected chi connectivity index (χ1v) is 6.85. The summed E-state index contributed by atoms with van der Waals surface area (Å²) in [4.78, 5) is 14.7. The Kier molecular flexibility index (Phi) is 3.69. The van der Waals surface area contributed by atoms with Gasteiger partial charge in [-0.3, -0.25) is 4.79 Å². The summed E-state index contributed by atoms with van der Waals surface area (Å²) in [5.74, 6) is -0.305.